The van der Waals surface area contributed by atoms with Gasteiger partial charge in [-0.1, -0.05) is 32.6 Å². The van der Waals surface area contributed by atoms with Gasteiger partial charge in [0.05, 0.1) is 0 Å². The van der Waals surface area contributed by atoms with Gasteiger partial charge in [0.2, 0.25) is 0 Å². The lowest BCUT2D eigenvalue weighted by molar-refractivity contribution is 0.890. The summed E-state index contributed by atoms with van der Waals surface area (Å²) in [5, 5.41) is 0.867. The van der Waals surface area contributed by atoms with Gasteiger partial charge in [0, 0.05) is 13.3 Å². The first-order valence-corrected chi connectivity index (χ1v) is 8.98. The van der Waals surface area contributed by atoms with E-state index in [0.717, 1.165) is 5.25 Å². The van der Waals surface area contributed by atoms with Gasteiger partial charge in [-0.3, -0.25) is 0 Å². The van der Waals surface area contributed by atoms with E-state index in [9.17, 15) is 0 Å². The monoisotopic (exact) mass is 176 g/mol. The van der Waals surface area contributed by atoms with E-state index in [2.05, 4.69) is 32.8 Å². The van der Waals surface area contributed by atoms with Crippen LogP contribution in [0.3, 0.4) is 0 Å². The van der Waals surface area contributed by atoms with Gasteiger partial charge in [0.15, 0.2) is 0 Å². The van der Waals surface area contributed by atoms with Crippen molar-refractivity contribution in [1.29, 1.82) is 0 Å². The molecule has 1 unspecified atom stereocenters. The van der Waals surface area contributed by atoms with Crippen molar-refractivity contribution >= 4 is 19.8 Å². The first-order valence-electron chi connectivity index (χ1n) is 3.98. The van der Waals surface area contributed by atoms with Gasteiger partial charge >= 0.3 is 0 Å². The maximum absolute atomic E-state index is 2.44. The van der Waals surface area contributed by atoms with Crippen LogP contribution < -0.4 is 0 Å². The highest BCUT2D eigenvalue weighted by molar-refractivity contribution is 7.99. The largest absolute Gasteiger partial charge is 0.162 e. The summed E-state index contributed by atoms with van der Waals surface area (Å²) in [6.45, 7) is 9.66. The SMILES string of the molecule is CSC(C)CC[Si](C)(C)C. The Morgan fingerprint density at radius 1 is 1.30 bits per heavy atom. The molecule has 0 heterocycles. The van der Waals surface area contributed by atoms with Crippen LogP contribution in [0.2, 0.25) is 25.7 Å². The highest BCUT2D eigenvalue weighted by Crippen LogP contribution is 2.18. The third-order valence-corrected chi connectivity index (χ3v) is 4.53. The Labute approximate surface area is 70.8 Å². The molecule has 0 nitrogen and oxygen atoms in total. The molecule has 0 aliphatic rings. The normalized spacial score (nSPS) is 15.3. The summed E-state index contributed by atoms with van der Waals surface area (Å²) >= 11 is 1.99. The molecule has 0 aromatic heterocycles. The molecule has 2 heteroatoms. The molecule has 0 saturated heterocycles. The second kappa shape index (κ2) is 4.45. The summed E-state index contributed by atoms with van der Waals surface area (Å²) in [6.07, 6.45) is 3.62. The van der Waals surface area contributed by atoms with Crippen molar-refractivity contribution in [3.63, 3.8) is 0 Å². The molecule has 0 amide bonds. The van der Waals surface area contributed by atoms with E-state index in [1.165, 1.54) is 12.5 Å². The molecular weight excluding hydrogens is 156 g/mol. The van der Waals surface area contributed by atoms with Gasteiger partial charge in [-0.05, 0) is 12.7 Å². The molecule has 1 atom stereocenters. The van der Waals surface area contributed by atoms with Crippen LogP contribution in [0, 0.1) is 0 Å². The van der Waals surface area contributed by atoms with E-state index in [1.807, 2.05) is 11.8 Å². The molecular formula is C8H20SSi. The molecule has 0 aromatic carbocycles. The summed E-state index contributed by atoms with van der Waals surface area (Å²) in [6, 6.07) is 1.48. The quantitative estimate of drug-likeness (QED) is 0.591. The molecule has 0 N–H and O–H groups in total. The molecule has 0 aromatic rings. The molecule has 0 bridgehead atoms. The maximum Gasteiger partial charge on any atom is 0.0443 e. The third kappa shape index (κ3) is 6.68. The second-order valence-corrected chi connectivity index (χ2v) is 11.0. The molecule has 0 rings (SSSR count). The van der Waals surface area contributed by atoms with Gasteiger partial charge in [-0.15, -0.1) is 0 Å². The Morgan fingerprint density at radius 2 is 1.80 bits per heavy atom. The Kier molecular flexibility index (Phi) is 4.70. The van der Waals surface area contributed by atoms with Gasteiger partial charge in [0.1, 0.15) is 0 Å². The fourth-order valence-corrected chi connectivity index (χ4v) is 2.62. The molecule has 10 heavy (non-hydrogen) atoms. The number of thioether (sulfide) groups is 1. The van der Waals surface area contributed by atoms with Gasteiger partial charge in [-0.25, -0.2) is 0 Å². The summed E-state index contributed by atoms with van der Waals surface area (Å²) in [7, 11) is -0.750. The molecule has 0 aliphatic carbocycles. The first kappa shape index (κ1) is 10.6. The fourth-order valence-electron chi connectivity index (χ4n) is 0.754. The molecule has 0 saturated carbocycles. The number of hydrogen-bond donors (Lipinski definition) is 0. The van der Waals surface area contributed by atoms with Crippen molar-refractivity contribution in [2.75, 3.05) is 6.26 Å². The summed E-state index contributed by atoms with van der Waals surface area (Å²) < 4.78 is 0. The Balaban J connectivity index is 3.36. The van der Waals surface area contributed by atoms with Crippen molar-refractivity contribution in [3.8, 4) is 0 Å². The third-order valence-electron chi connectivity index (χ3n) is 1.70. The molecule has 62 valence electrons. The number of hydrogen-bond acceptors (Lipinski definition) is 1. The Bertz CT molecular complexity index is 85.7. The molecule has 0 fully saturated rings. The van der Waals surface area contributed by atoms with Crippen LogP contribution in [-0.4, -0.2) is 19.6 Å². The zero-order valence-electron chi connectivity index (χ0n) is 7.90. The number of rotatable bonds is 4. The Hall–Kier alpha value is 0.567. The predicted octanol–water partition coefficient (Wildman–Crippen LogP) is 3.47. The van der Waals surface area contributed by atoms with Gasteiger partial charge in [0.25, 0.3) is 0 Å². The topological polar surface area (TPSA) is 0 Å². The zero-order chi connectivity index (χ0) is 8.20. The highest BCUT2D eigenvalue weighted by atomic mass is 32.2. The average molecular weight is 176 g/mol. The lowest BCUT2D eigenvalue weighted by Crippen LogP contribution is -2.20. The van der Waals surface area contributed by atoms with Crippen LogP contribution in [-0.2, 0) is 0 Å². The van der Waals surface area contributed by atoms with Crippen LogP contribution in [0.15, 0.2) is 0 Å². The minimum Gasteiger partial charge on any atom is -0.162 e. The van der Waals surface area contributed by atoms with Crippen molar-refractivity contribution in [2.24, 2.45) is 0 Å². The zero-order valence-corrected chi connectivity index (χ0v) is 9.72. The van der Waals surface area contributed by atoms with Crippen LogP contribution in [0.5, 0.6) is 0 Å². The molecule has 0 aliphatic heterocycles. The highest BCUT2D eigenvalue weighted by Gasteiger charge is 2.13. The lowest BCUT2D eigenvalue weighted by atomic mass is 10.4. The van der Waals surface area contributed by atoms with Crippen LogP contribution in [0.1, 0.15) is 13.3 Å². The van der Waals surface area contributed by atoms with E-state index in [4.69, 9.17) is 0 Å². The minimum absolute atomic E-state index is 0.750. The van der Waals surface area contributed by atoms with Crippen molar-refractivity contribution < 1.29 is 0 Å². The minimum atomic E-state index is -0.750. The summed E-state index contributed by atoms with van der Waals surface area (Å²) in [4.78, 5) is 0. The second-order valence-electron chi connectivity index (χ2n) is 4.15. The fraction of sp³-hybridized carbons (Fsp3) is 1.00. The first-order chi connectivity index (χ1) is 4.45. The van der Waals surface area contributed by atoms with E-state index in [-0.39, 0.29) is 0 Å². The standard InChI is InChI=1S/C8H20SSi/c1-8(9-2)6-7-10(3,4)5/h8H,6-7H2,1-5H3. The van der Waals surface area contributed by atoms with Crippen LogP contribution >= 0.6 is 11.8 Å². The summed E-state index contributed by atoms with van der Waals surface area (Å²) in [5.74, 6) is 0. The van der Waals surface area contributed by atoms with E-state index in [0.29, 0.717) is 0 Å². The molecule has 0 spiro atoms. The smallest absolute Gasteiger partial charge is 0.0443 e. The van der Waals surface area contributed by atoms with Gasteiger partial charge in [-0.2, -0.15) is 11.8 Å². The van der Waals surface area contributed by atoms with Crippen molar-refractivity contribution in [1.82, 2.24) is 0 Å². The van der Waals surface area contributed by atoms with E-state index < -0.39 is 8.07 Å². The Morgan fingerprint density at radius 3 is 2.10 bits per heavy atom. The van der Waals surface area contributed by atoms with E-state index in [1.54, 1.807) is 0 Å². The van der Waals surface area contributed by atoms with Crippen LogP contribution in [0.4, 0.5) is 0 Å². The van der Waals surface area contributed by atoms with Crippen LogP contribution in [0.25, 0.3) is 0 Å². The summed E-state index contributed by atoms with van der Waals surface area (Å²) in [5.41, 5.74) is 0. The molecule has 0 radical (unpaired) electrons. The van der Waals surface area contributed by atoms with E-state index >= 15 is 0 Å². The predicted molar refractivity (Wildman–Crippen MR) is 55.7 cm³/mol. The van der Waals surface area contributed by atoms with Crippen molar-refractivity contribution in [3.05, 3.63) is 0 Å². The van der Waals surface area contributed by atoms with Gasteiger partial charge < -0.3 is 0 Å². The lowest BCUT2D eigenvalue weighted by Gasteiger charge is -2.17. The van der Waals surface area contributed by atoms with Crippen molar-refractivity contribution in [2.45, 2.75) is 44.3 Å². The maximum atomic E-state index is 2.44. The average Bonchev–Trinajstić information content (AvgIpc) is 1.81.